The molecule has 0 fully saturated rings. The second-order valence-electron chi connectivity index (χ2n) is 3.78. The molecule has 1 aromatic rings. The zero-order chi connectivity index (χ0) is 13.8. The fourth-order valence-corrected chi connectivity index (χ4v) is 1.79. The molecule has 0 unspecified atom stereocenters. The molecule has 8 heteroatoms. The first kappa shape index (κ1) is 14.8. The first-order valence-corrected chi connectivity index (χ1v) is 5.95. The molecule has 1 heterocycles. The van der Waals surface area contributed by atoms with Crippen LogP contribution in [0, 0.1) is 31.6 Å². The minimum Gasteiger partial charge on any atom is -0.269 e. The molecular weight excluding hydrogens is 360 g/mol. The minimum atomic E-state index is -4.38. The van der Waals surface area contributed by atoms with E-state index in [4.69, 9.17) is 10.5 Å². The van der Waals surface area contributed by atoms with Gasteiger partial charge in [-0.3, -0.25) is 4.68 Å². The van der Waals surface area contributed by atoms with Crippen LogP contribution in [0.25, 0.3) is 0 Å². The molecule has 0 aliphatic heterocycles. The topological polar surface area (TPSA) is 65.4 Å². The maximum absolute atomic E-state index is 12.2. The van der Waals surface area contributed by atoms with E-state index in [0.717, 1.165) is 3.57 Å². The Labute approximate surface area is 115 Å². The second-order valence-corrected chi connectivity index (χ2v) is 5.02. The van der Waals surface area contributed by atoms with E-state index in [9.17, 15) is 13.2 Å². The van der Waals surface area contributed by atoms with Crippen LogP contribution in [0.2, 0.25) is 0 Å². The largest absolute Gasteiger partial charge is 0.389 e. The molecule has 0 saturated heterocycles. The maximum atomic E-state index is 12.2. The van der Waals surface area contributed by atoms with E-state index < -0.39 is 24.4 Å². The highest BCUT2D eigenvalue weighted by molar-refractivity contribution is 14.1. The average Bonchev–Trinajstić information content (AvgIpc) is 2.69. The predicted molar refractivity (Wildman–Crippen MR) is 63.9 cm³/mol. The predicted octanol–water partition coefficient (Wildman–Crippen LogP) is 2.86. The lowest BCUT2D eigenvalue weighted by molar-refractivity contribution is -0.138. The third-order valence-electron chi connectivity index (χ3n) is 2.30. The van der Waals surface area contributed by atoms with Crippen LogP contribution in [0.15, 0.2) is 12.4 Å². The average molecular weight is 368 g/mol. The molecule has 0 saturated carbocycles. The van der Waals surface area contributed by atoms with E-state index in [1.807, 2.05) is 22.6 Å². The minimum absolute atomic E-state index is 0.168. The van der Waals surface area contributed by atoms with Crippen LogP contribution < -0.4 is 0 Å². The Balaban J connectivity index is 2.82. The van der Waals surface area contributed by atoms with Crippen LogP contribution in [0.5, 0.6) is 0 Å². The summed E-state index contributed by atoms with van der Waals surface area (Å²) in [6.07, 6.45) is -3.02. The van der Waals surface area contributed by atoms with Crippen molar-refractivity contribution in [2.75, 3.05) is 0 Å². The summed E-state index contributed by atoms with van der Waals surface area (Å²) in [5.74, 6) is 0. The molecular formula is C10H8F3IN4. The van der Waals surface area contributed by atoms with E-state index in [0.29, 0.717) is 0 Å². The first-order chi connectivity index (χ1) is 8.30. The van der Waals surface area contributed by atoms with Gasteiger partial charge in [0.2, 0.25) is 0 Å². The van der Waals surface area contributed by atoms with Crippen molar-refractivity contribution >= 4 is 22.6 Å². The van der Waals surface area contributed by atoms with Crippen molar-refractivity contribution < 1.29 is 13.2 Å². The van der Waals surface area contributed by atoms with Crippen molar-refractivity contribution in [1.82, 2.24) is 9.78 Å². The number of nitrogens with zero attached hydrogens (tertiary/aromatic N) is 4. The van der Waals surface area contributed by atoms with Crippen LogP contribution in [-0.2, 0) is 6.54 Å². The number of rotatable bonds is 4. The van der Waals surface area contributed by atoms with Crippen molar-refractivity contribution in [3.63, 3.8) is 0 Å². The van der Waals surface area contributed by atoms with Crippen molar-refractivity contribution in [2.45, 2.75) is 25.6 Å². The Kier molecular flexibility index (Phi) is 4.57. The monoisotopic (exact) mass is 368 g/mol. The van der Waals surface area contributed by atoms with Crippen molar-refractivity contribution in [3.8, 4) is 12.1 Å². The van der Waals surface area contributed by atoms with Crippen molar-refractivity contribution in [2.24, 2.45) is 5.41 Å². The van der Waals surface area contributed by atoms with Crippen LogP contribution >= 0.6 is 22.6 Å². The van der Waals surface area contributed by atoms with Gasteiger partial charge in [0, 0.05) is 12.6 Å². The lowest BCUT2D eigenvalue weighted by Gasteiger charge is -2.19. The smallest absolute Gasteiger partial charge is 0.269 e. The van der Waals surface area contributed by atoms with Crippen LogP contribution in [0.3, 0.4) is 0 Å². The molecule has 0 N–H and O–H groups in total. The molecule has 18 heavy (non-hydrogen) atoms. The van der Waals surface area contributed by atoms with Gasteiger partial charge < -0.3 is 0 Å². The summed E-state index contributed by atoms with van der Waals surface area (Å²) >= 11 is 1.98. The van der Waals surface area contributed by atoms with Crippen LogP contribution in [0.1, 0.15) is 12.8 Å². The van der Waals surface area contributed by atoms with Gasteiger partial charge in [0.1, 0.15) is 0 Å². The Hall–Kier alpha value is -1.29. The maximum Gasteiger partial charge on any atom is 0.389 e. The highest BCUT2D eigenvalue weighted by atomic mass is 127. The zero-order valence-electron chi connectivity index (χ0n) is 9.08. The fourth-order valence-electron chi connectivity index (χ4n) is 1.34. The summed E-state index contributed by atoms with van der Waals surface area (Å²) in [6.45, 7) is -0.168. The summed E-state index contributed by atoms with van der Waals surface area (Å²) < 4.78 is 38.6. The van der Waals surface area contributed by atoms with Crippen LogP contribution in [0.4, 0.5) is 13.2 Å². The Morgan fingerprint density at radius 2 is 1.89 bits per heavy atom. The van der Waals surface area contributed by atoms with E-state index in [-0.39, 0.29) is 6.54 Å². The molecule has 0 aliphatic rings. The highest BCUT2D eigenvalue weighted by Crippen LogP contribution is 2.31. The van der Waals surface area contributed by atoms with Crippen molar-refractivity contribution in [3.05, 3.63) is 16.0 Å². The summed E-state index contributed by atoms with van der Waals surface area (Å²) in [6, 6.07) is 3.34. The normalized spacial score (nSPS) is 11.9. The number of halogens is 4. The number of hydrogen-bond donors (Lipinski definition) is 0. The standard InChI is InChI=1S/C10H8F3IN4/c11-10(12,13)2-1-9(5-15,6-16)7-18-4-8(14)3-17-18/h3-4H,1-2,7H2. The molecule has 0 atom stereocenters. The molecule has 1 rings (SSSR count). The second kappa shape index (κ2) is 5.57. The third-order valence-corrected chi connectivity index (χ3v) is 2.85. The molecule has 96 valence electrons. The number of aromatic nitrogens is 2. The molecule has 0 aliphatic carbocycles. The quantitative estimate of drug-likeness (QED) is 0.768. The summed E-state index contributed by atoms with van der Waals surface area (Å²) in [7, 11) is 0. The Bertz CT molecular complexity index is 480. The van der Waals surface area contributed by atoms with Crippen LogP contribution in [-0.4, -0.2) is 16.0 Å². The van der Waals surface area contributed by atoms with Gasteiger partial charge in [0.25, 0.3) is 0 Å². The summed E-state index contributed by atoms with van der Waals surface area (Å²) in [5.41, 5.74) is -1.70. The van der Waals surface area contributed by atoms with Gasteiger partial charge in [-0.25, -0.2) is 0 Å². The fraction of sp³-hybridized carbons (Fsp3) is 0.500. The Morgan fingerprint density at radius 3 is 2.28 bits per heavy atom. The van der Waals surface area contributed by atoms with Gasteiger partial charge in [0.05, 0.1) is 28.5 Å². The highest BCUT2D eigenvalue weighted by Gasteiger charge is 2.37. The molecule has 0 bridgehead atoms. The lowest BCUT2D eigenvalue weighted by Crippen LogP contribution is -2.26. The van der Waals surface area contributed by atoms with E-state index in [2.05, 4.69) is 5.10 Å². The molecule has 0 spiro atoms. The van der Waals surface area contributed by atoms with Gasteiger partial charge in [-0.2, -0.15) is 28.8 Å². The van der Waals surface area contributed by atoms with Gasteiger partial charge in [0.15, 0.2) is 5.41 Å². The van der Waals surface area contributed by atoms with E-state index in [1.165, 1.54) is 10.9 Å². The zero-order valence-corrected chi connectivity index (χ0v) is 11.2. The SMILES string of the molecule is N#CC(C#N)(CCC(F)(F)F)Cn1cc(I)cn1. The molecule has 0 radical (unpaired) electrons. The molecule has 0 amide bonds. The number of hydrogen-bond acceptors (Lipinski definition) is 3. The van der Waals surface area contributed by atoms with Gasteiger partial charge in [-0.1, -0.05) is 0 Å². The van der Waals surface area contributed by atoms with Crippen molar-refractivity contribution in [1.29, 1.82) is 10.5 Å². The third kappa shape index (κ3) is 4.18. The van der Waals surface area contributed by atoms with E-state index >= 15 is 0 Å². The summed E-state index contributed by atoms with van der Waals surface area (Å²) in [4.78, 5) is 0. The molecule has 4 nitrogen and oxygen atoms in total. The molecule has 1 aromatic heterocycles. The first-order valence-electron chi connectivity index (χ1n) is 4.87. The lowest BCUT2D eigenvalue weighted by atomic mass is 9.86. The van der Waals surface area contributed by atoms with Gasteiger partial charge in [-0.15, -0.1) is 0 Å². The molecule has 0 aromatic carbocycles. The Morgan fingerprint density at radius 1 is 1.28 bits per heavy atom. The van der Waals surface area contributed by atoms with E-state index in [1.54, 1.807) is 18.3 Å². The number of nitriles is 2. The number of alkyl halides is 3. The summed E-state index contributed by atoms with van der Waals surface area (Å²) in [5, 5.41) is 21.8. The van der Waals surface area contributed by atoms with Gasteiger partial charge in [-0.05, 0) is 29.0 Å². The van der Waals surface area contributed by atoms with Gasteiger partial charge >= 0.3 is 6.18 Å².